The number of nitrogens with zero attached hydrogens (tertiary/aromatic N) is 1. The van der Waals surface area contributed by atoms with Gasteiger partial charge in [0.05, 0.1) is 0 Å². The molecule has 0 aliphatic rings. The lowest BCUT2D eigenvalue weighted by Crippen LogP contribution is -2.23. The first-order valence-electron chi connectivity index (χ1n) is 6.38. The van der Waals surface area contributed by atoms with Crippen LogP contribution in [0.15, 0.2) is 67.3 Å². The Labute approximate surface area is 115 Å². The van der Waals surface area contributed by atoms with E-state index in [1.807, 2.05) is 49.5 Å². The van der Waals surface area contributed by atoms with Crippen LogP contribution in [0.4, 0.5) is 0 Å². The van der Waals surface area contributed by atoms with E-state index in [-0.39, 0.29) is 5.78 Å². The van der Waals surface area contributed by atoms with Crippen molar-refractivity contribution in [2.75, 3.05) is 20.1 Å². The van der Waals surface area contributed by atoms with Crippen LogP contribution < -0.4 is 0 Å². The summed E-state index contributed by atoms with van der Waals surface area (Å²) in [5.74, 6) is 0.181. The van der Waals surface area contributed by atoms with Crippen LogP contribution in [0.3, 0.4) is 0 Å². The molecule has 100 valence electrons. The Kier molecular flexibility index (Phi) is 6.55. The summed E-state index contributed by atoms with van der Waals surface area (Å²) >= 11 is 0. The van der Waals surface area contributed by atoms with E-state index < -0.39 is 0 Å². The molecule has 0 saturated carbocycles. The van der Waals surface area contributed by atoms with Gasteiger partial charge in [-0.25, -0.2) is 0 Å². The molecule has 2 heteroatoms. The van der Waals surface area contributed by atoms with Gasteiger partial charge in [0.15, 0.2) is 5.78 Å². The molecule has 0 heterocycles. The first-order chi connectivity index (χ1) is 9.17. The lowest BCUT2D eigenvalue weighted by atomic mass is 10.1. The van der Waals surface area contributed by atoms with Gasteiger partial charge in [-0.05, 0) is 12.6 Å². The predicted octanol–water partition coefficient (Wildman–Crippen LogP) is 3.49. The molecule has 0 atom stereocenters. The van der Waals surface area contributed by atoms with Crippen LogP contribution in [-0.4, -0.2) is 30.8 Å². The minimum atomic E-state index is 0.181. The topological polar surface area (TPSA) is 20.3 Å². The van der Waals surface area contributed by atoms with Crippen LogP contribution >= 0.6 is 0 Å². The zero-order chi connectivity index (χ0) is 14.1. The maximum absolute atomic E-state index is 12.0. The summed E-state index contributed by atoms with van der Waals surface area (Å²) in [7, 11) is 2.00. The van der Waals surface area contributed by atoms with Gasteiger partial charge in [-0.2, -0.15) is 0 Å². The minimum absolute atomic E-state index is 0.181. The second-order valence-corrected chi connectivity index (χ2v) is 4.46. The molecule has 1 aromatic rings. The van der Waals surface area contributed by atoms with E-state index in [2.05, 4.69) is 18.1 Å². The number of benzene rings is 1. The van der Waals surface area contributed by atoms with E-state index in [9.17, 15) is 4.79 Å². The Morgan fingerprint density at radius 3 is 2.53 bits per heavy atom. The molecule has 0 fully saturated rings. The summed E-state index contributed by atoms with van der Waals surface area (Å²) in [6.07, 6.45) is 6.03. The van der Waals surface area contributed by atoms with Gasteiger partial charge in [0.2, 0.25) is 0 Å². The SMILES string of the molecule is C=C/C=C(\C=C)CN(C)CCC(=O)c1ccccc1. The maximum Gasteiger partial charge on any atom is 0.164 e. The summed E-state index contributed by atoms with van der Waals surface area (Å²) in [6.45, 7) is 8.95. The highest BCUT2D eigenvalue weighted by Gasteiger charge is 2.07. The third kappa shape index (κ3) is 5.49. The van der Waals surface area contributed by atoms with Crippen molar-refractivity contribution < 1.29 is 4.79 Å². The molecule has 0 aliphatic heterocycles. The number of likely N-dealkylation sites (N-methyl/N-ethyl adjacent to an activating group) is 1. The number of Topliss-reactive ketones (excluding diaryl/α,β-unsaturated/α-hetero) is 1. The number of carbonyl (C=O) groups excluding carboxylic acids is 1. The lowest BCUT2D eigenvalue weighted by Gasteiger charge is -2.16. The van der Waals surface area contributed by atoms with Gasteiger partial charge in [0.1, 0.15) is 0 Å². The van der Waals surface area contributed by atoms with Crippen molar-refractivity contribution in [3.63, 3.8) is 0 Å². The van der Waals surface area contributed by atoms with E-state index in [0.717, 1.165) is 24.2 Å². The van der Waals surface area contributed by atoms with E-state index in [1.54, 1.807) is 6.08 Å². The van der Waals surface area contributed by atoms with Crippen LogP contribution in [0.1, 0.15) is 16.8 Å². The average molecular weight is 255 g/mol. The number of hydrogen-bond acceptors (Lipinski definition) is 2. The highest BCUT2D eigenvalue weighted by Crippen LogP contribution is 2.05. The molecule has 0 unspecified atom stereocenters. The summed E-state index contributed by atoms with van der Waals surface area (Å²) < 4.78 is 0. The first-order valence-corrected chi connectivity index (χ1v) is 6.38. The van der Waals surface area contributed by atoms with Gasteiger partial charge in [0.25, 0.3) is 0 Å². The summed E-state index contributed by atoms with van der Waals surface area (Å²) in [4.78, 5) is 14.1. The van der Waals surface area contributed by atoms with Crippen LogP contribution in [0, 0.1) is 0 Å². The third-order valence-electron chi connectivity index (χ3n) is 2.86. The molecule has 1 rings (SSSR count). The number of ketones is 1. The Morgan fingerprint density at radius 1 is 1.26 bits per heavy atom. The van der Waals surface area contributed by atoms with E-state index in [4.69, 9.17) is 0 Å². The highest BCUT2D eigenvalue weighted by molar-refractivity contribution is 5.96. The normalized spacial score (nSPS) is 11.4. The van der Waals surface area contributed by atoms with E-state index >= 15 is 0 Å². The predicted molar refractivity (Wildman–Crippen MR) is 81.4 cm³/mol. The van der Waals surface area contributed by atoms with Crippen molar-refractivity contribution in [2.45, 2.75) is 6.42 Å². The summed E-state index contributed by atoms with van der Waals surface area (Å²) in [5, 5.41) is 0. The third-order valence-corrected chi connectivity index (χ3v) is 2.86. The Morgan fingerprint density at radius 2 is 1.95 bits per heavy atom. The Hall–Kier alpha value is -1.93. The summed E-state index contributed by atoms with van der Waals surface area (Å²) in [5.41, 5.74) is 1.88. The van der Waals surface area contributed by atoms with Gasteiger partial charge in [0, 0.05) is 25.1 Å². The number of carbonyl (C=O) groups is 1. The largest absolute Gasteiger partial charge is 0.302 e. The molecule has 0 saturated heterocycles. The van der Waals surface area contributed by atoms with Crippen molar-refractivity contribution in [3.05, 3.63) is 72.9 Å². The Bertz CT molecular complexity index is 459. The van der Waals surface area contributed by atoms with Gasteiger partial charge >= 0.3 is 0 Å². The standard InChI is InChI=1S/C17H21NO/c1-4-9-15(5-2)14-18(3)13-12-17(19)16-10-7-6-8-11-16/h4-11H,1-2,12-14H2,3H3/b15-9+. The van der Waals surface area contributed by atoms with Crippen molar-refractivity contribution in [1.82, 2.24) is 4.90 Å². The molecular weight excluding hydrogens is 234 g/mol. The fourth-order valence-corrected chi connectivity index (χ4v) is 1.79. The number of allylic oxidation sites excluding steroid dienone is 2. The zero-order valence-electron chi connectivity index (χ0n) is 11.5. The molecule has 0 radical (unpaired) electrons. The first kappa shape index (κ1) is 15.1. The lowest BCUT2D eigenvalue weighted by molar-refractivity contribution is 0.0970. The van der Waals surface area contributed by atoms with Gasteiger partial charge in [-0.1, -0.05) is 61.7 Å². The van der Waals surface area contributed by atoms with Gasteiger partial charge < -0.3 is 4.90 Å². The second kappa shape index (κ2) is 8.22. The van der Waals surface area contributed by atoms with Crippen molar-refractivity contribution in [2.24, 2.45) is 0 Å². The van der Waals surface area contributed by atoms with Crippen LogP contribution in [0.25, 0.3) is 0 Å². The van der Waals surface area contributed by atoms with Crippen LogP contribution in [0.5, 0.6) is 0 Å². The average Bonchev–Trinajstić information content (AvgIpc) is 2.45. The summed E-state index contributed by atoms with van der Waals surface area (Å²) in [6, 6.07) is 9.41. The molecule has 0 aromatic heterocycles. The number of rotatable bonds is 8. The Balaban J connectivity index is 2.44. The fourth-order valence-electron chi connectivity index (χ4n) is 1.79. The van der Waals surface area contributed by atoms with Crippen molar-refractivity contribution in [1.29, 1.82) is 0 Å². The monoisotopic (exact) mass is 255 g/mol. The smallest absolute Gasteiger partial charge is 0.164 e. The molecule has 19 heavy (non-hydrogen) atoms. The van der Waals surface area contributed by atoms with Crippen molar-refractivity contribution in [3.8, 4) is 0 Å². The molecule has 1 aromatic carbocycles. The quantitative estimate of drug-likeness (QED) is 0.523. The van der Waals surface area contributed by atoms with Gasteiger partial charge in [-0.3, -0.25) is 4.79 Å². The molecule has 0 amide bonds. The molecule has 0 bridgehead atoms. The molecule has 2 nitrogen and oxygen atoms in total. The second-order valence-electron chi connectivity index (χ2n) is 4.46. The van der Waals surface area contributed by atoms with Crippen LogP contribution in [0.2, 0.25) is 0 Å². The minimum Gasteiger partial charge on any atom is -0.302 e. The molecular formula is C17H21NO. The molecule has 0 spiro atoms. The van der Waals surface area contributed by atoms with Crippen LogP contribution in [-0.2, 0) is 0 Å². The van der Waals surface area contributed by atoms with E-state index in [1.165, 1.54) is 0 Å². The van der Waals surface area contributed by atoms with Gasteiger partial charge in [-0.15, -0.1) is 0 Å². The maximum atomic E-state index is 12.0. The number of hydrogen-bond donors (Lipinski definition) is 0. The molecule has 0 aliphatic carbocycles. The molecule has 0 N–H and O–H groups in total. The van der Waals surface area contributed by atoms with Crippen molar-refractivity contribution >= 4 is 5.78 Å². The zero-order valence-corrected chi connectivity index (χ0v) is 11.5. The highest BCUT2D eigenvalue weighted by atomic mass is 16.1. The fraction of sp³-hybridized carbons (Fsp3) is 0.235. The van der Waals surface area contributed by atoms with E-state index in [0.29, 0.717) is 6.42 Å².